The Morgan fingerprint density at radius 3 is 1.08 bits per heavy atom. The maximum Gasteiger partial charge on any atom is 1.00 e. The van der Waals surface area contributed by atoms with Crippen LogP contribution in [0.15, 0.2) is 48.5 Å². The van der Waals surface area contributed by atoms with E-state index >= 15 is 0 Å². The van der Waals surface area contributed by atoms with E-state index in [1.807, 2.05) is 0 Å². The number of rotatable bonds is 21. The second-order valence-corrected chi connectivity index (χ2v) is 28.7. The van der Waals surface area contributed by atoms with Gasteiger partial charge in [-0.3, -0.25) is 39.9 Å². The van der Waals surface area contributed by atoms with Crippen molar-refractivity contribution in [2.24, 2.45) is 46.3 Å². The summed E-state index contributed by atoms with van der Waals surface area (Å²) in [7, 11) is 16.3. The van der Waals surface area contributed by atoms with Crippen molar-refractivity contribution < 1.29 is 132 Å². The Labute approximate surface area is 532 Å². The average Bonchev–Trinajstić information content (AvgIpc) is 4.31. The van der Waals surface area contributed by atoms with Crippen molar-refractivity contribution in [3.8, 4) is 0 Å². The maximum atomic E-state index is 13.3. The van der Waals surface area contributed by atoms with E-state index in [4.69, 9.17) is 32.7 Å². The number of benzene rings is 2. The second-order valence-electron chi connectivity index (χ2n) is 22.4. The number of ether oxygens (including phenoxy) is 2. The Morgan fingerprint density at radius 2 is 0.855 bits per heavy atom. The molecule has 0 atom stereocenters. The smallest absolute Gasteiger partial charge is 1.00 e. The molecule has 18 nitrogen and oxygen atoms in total. The summed E-state index contributed by atoms with van der Waals surface area (Å²) in [6.07, 6.45) is 17.6. The number of hydrogen-bond acceptors (Lipinski definition) is 18. The molecule has 0 amide bonds. The summed E-state index contributed by atoms with van der Waals surface area (Å²) in [4.78, 5) is 66.8. The normalized spacial score (nSPS) is 26.0. The van der Waals surface area contributed by atoms with E-state index in [1.54, 1.807) is 24.3 Å². The SMILES string of the molecule is O=C(C[S+]1CCCC1)c1ccc([N+](=O)[O-])cc1.O=C(C[S+]1CCCC1)c1ccc([N+](=O)[O-])cc1.O=C(OCC12CC3CC(CC(C3)C1)C2)C(F)(F)SOO[O-].O=C(OCC12CC3CC(CC(C3)C1)C2)C(F)(F)SOO[O-].[B][B]B([B])[B].[Br-].[Na+]. The van der Waals surface area contributed by atoms with Gasteiger partial charge in [-0.15, -0.1) is 0 Å². The van der Waals surface area contributed by atoms with Gasteiger partial charge in [0.25, 0.3) is 11.4 Å². The number of carbonyl (C=O) groups excluding carboxylic acids is 4. The monoisotopic (exact) mass is 1310 g/mol. The quantitative estimate of drug-likeness (QED) is 0.0194. The molecule has 2 heterocycles. The fourth-order valence-corrected chi connectivity index (χ4v) is 18.5. The van der Waals surface area contributed by atoms with Crippen molar-refractivity contribution in [3.05, 3.63) is 79.9 Å². The van der Waals surface area contributed by atoms with E-state index in [9.17, 15) is 67.5 Å². The van der Waals surface area contributed by atoms with Gasteiger partial charge in [0, 0.05) is 82.9 Å². The summed E-state index contributed by atoms with van der Waals surface area (Å²) < 4.78 is 70.0. The third-order valence-electron chi connectivity index (χ3n) is 16.1. The molecule has 8 aliphatic carbocycles. The van der Waals surface area contributed by atoms with Gasteiger partial charge >= 0.3 is 52.0 Å². The number of non-ortho nitro benzene ring substituents is 2. The molecule has 7 radical (unpaired) electrons. The van der Waals surface area contributed by atoms with Gasteiger partial charge in [-0.1, -0.05) is 0 Å². The topological polar surface area (TPSA) is 256 Å². The van der Waals surface area contributed by atoms with E-state index in [0.717, 1.165) is 38.5 Å². The number of nitrogens with zero attached hydrogens (tertiary/aromatic N) is 2. The van der Waals surface area contributed by atoms with Crippen LogP contribution in [0.2, 0.25) is 0 Å². The number of esters is 2. The molecular formula is C50H62B5BrF4N2NaO16S4. The van der Waals surface area contributed by atoms with Crippen molar-refractivity contribution in [3.63, 3.8) is 0 Å². The molecule has 8 saturated carbocycles. The zero-order chi connectivity index (χ0) is 59.0. The average molecular weight is 1310 g/mol. The summed E-state index contributed by atoms with van der Waals surface area (Å²) in [5.41, 5.74) is 1.00. The molecule has 12 rings (SSSR count). The number of ketones is 2. The van der Waals surface area contributed by atoms with Crippen LogP contribution in [0.3, 0.4) is 0 Å². The van der Waals surface area contributed by atoms with Crippen LogP contribution in [-0.2, 0) is 59.6 Å². The predicted octanol–water partition coefficient (Wildman–Crippen LogP) is 0.904. The molecule has 83 heavy (non-hydrogen) atoms. The first-order valence-electron chi connectivity index (χ1n) is 26.7. The number of nitro benzene ring substituents is 2. The van der Waals surface area contributed by atoms with Gasteiger partial charge in [0.1, 0.15) is 47.1 Å². The van der Waals surface area contributed by atoms with Crippen LogP contribution < -0.4 is 57.1 Å². The molecule has 2 aromatic carbocycles. The summed E-state index contributed by atoms with van der Waals surface area (Å²) in [6.45, 7) is 0.0629. The van der Waals surface area contributed by atoms with Crippen molar-refractivity contribution in [1.82, 2.24) is 0 Å². The van der Waals surface area contributed by atoms with E-state index in [0.29, 0.717) is 58.1 Å². The zero-order valence-electron chi connectivity index (χ0n) is 45.9. The fraction of sp³-hybridized carbons (Fsp3) is 0.680. The van der Waals surface area contributed by atoms with Gasteiger partial charge in [-0.05, 0) is 184 Å². The van der Waals surface area contributed by atoms with Crippen molar-refractivity contribution in [2.45, 2.75) is 113 Å². The van der Waals surface area contributed by atoms with Gasteiger partial charge in [0.05, 0.1) is 23.1 Å². The van der Waals surface area contributed by atoms with E-state index < -0.39 is 62.8 Å². The summed E-state index contributed by atoms with van der Waals surface area (Å²) in [5, 5.41) is 37.9. The Balaban J connectivity index is 0.000000230. The van der Waals surface area contributed by atoms with Gasteiger partial charge in [0.15, 0.2) is 11.5 Å². The number of alkyl halides is 4. The third-order valence-corrected chi connectivity index (χ3v) is 21.9. The molecule has 8 bridgehead atoms. The molecule has 0 unspecified atom stereocenters. The molecule has 0 aromatic heterocycles. The Bertz CT molecular complexity index is 2210. The fourth-order valence-electron chi connectivity index (χ4n) is 13.5. The first-order valence-corrected chi connectivity index (χ1v) is 31.7. The van der Waals surface area contributed by atoms with Crippen LogP contribution in [0, 0.1) is 66.6 Å². The van der Waals surface area contributed by atoms with Gasteiger partial charge in [-0.2, -0.15) is 26.2 Å². The largest absolute Gasteiger partial charge is 1.00 e. The number of halogens is 5. The Hall–Kier alpha value is -1.80. The molecular weight excluding hydrogens is 1250 g/mol. The van der Waals surface area contributed by atoms with Crippen LogP contribution in [-0.4, -0.2) is 128 Å². The third kappa shape index (κ3) is 22.9. The molecule has 2 aromatic rings. The molecule has 2 saturated heterocycles. The van der Waals surface area contributed by atoms with Crippen molar-refractivity contribution in [1.29, 1.82) is 0 Å². The standard InChI is InChI=1S/2C13H18F2O5S.2C12H14NO3S.B5.BrH.Na/c2*14-13(15,21-20-19-17)11(16)18-7-12-4-8-1-9(5-12)3-10(2-8)6-12;2*14-12(9-17-7-1-2-8-17)10-3-5-11(6-4-10)13(15)16;1-4-5(2)3;;/h2*8-10,17H,1-7H2;2*3-6H,1-2,7-9H2;;1H;/q;;2*+1;;;+1/p-3. The molecule has 0 N–H and O–H groups in total. The molecule has 0 spiro atoms. The number of carbonyl (C=O) groups is 4. The minimum Gasteiger partial charge on any atom is -1.00 e. The zero-order valence-corrected chi connectivity index (χ0v) is 52.7. The van der Waals surface area contributed by atoms with Crippen molar-refractivity contribution in [2.75, 3.05) is 47.7 Å². The molecule has 10 fully saturated rings. The number of hydrogen-bond donors (Lipinski definition) is 0. The van der Waals surface area contributed by atoms with Gasteiger partial charge in [-0.25, -0.2) is 9.59 Å². The van der Waals surface area contributed by atoms with Gasteiger partial charge < -0.3 is 37.0 Å². The van der Waals surface area contributed by atoms with Crippen molar-refractivity contribution >= 4 is 117 Å². The van der Waals surface area contributed by atoms with Crippen LogP contribution in [0.25, 0.3) is 0 Å². The summed E-state index contributed by atoms with van der Waals surface area (Å²) in [6, 6.07) is 11.8. The van der Waals surface area contributed by atoms with Crippen LogP contribution in [0.4, 0.5) is 28.9 Å². The molecule has 10 aliphatic rings. The Kier molecular flexibility index (Phi) is 30.9. The predicted molar refractivity (Wildman–Crippen MR) is 299 cm³/mol. The van der Waals surface area contributed by atoms with Crippen LogP contribution in [0.1, 0.15) is 123 Å². The first kappa shape index (κ1) is 73.7. The summed E-state index contributed by atoms with van der Waals surface area (Å²) in [5.74, 6) is 6.68. The molecule has 443 valence electrons. The minimum atomic E-state index is -3.94. The van der Waals surface area contributed by atoms with E-state index in [2.05, 4.69) is 18.7 Å². The first-order chi connectivity index (χ1) is 38.4. The maximum absolute atomic E-state index is 13.3. The Morgan fingerprint density at radius 1 is 0.590 bits per heavy atom. The summed E-state index contributed by atoms with van der Waals surface area (Å²) >= 11 is -1.28. The van der Waals surface area contributed by atoms with E-state index in [-0.39, 0.29) is 115 Å². The second kappa shape index (κ2) is 34.8. The minimum absolute atomic E-state index is 0. The van der Waals surface area contributed by atoms with E-state index in [1.165, 1.54) is 119 Å². The number of Topliss-reactive ketones (excluding diaryl/α,β-unsaturated/α-hetero) is 2. The van der Waals surface area contributed by atoms with Crippen LogP contribution >= 0.6 is 24.1 Å². The molecule has 2 aliphatic heterocycles. The molecule has 33 heteroatoms. The van der Waals surface area contributed by atoms with Crippen LogP contribution in [0.5, 0.6) is 0 Å². The number of nitro groups is 2. The van der Waals surface area contributed by atoms with Gasteiger partial charge in [0.2, 0.25) is 11.6 Å².